The van der Waals surface area contributed by atoms with E-state index in [0.29, 0.717) is 6.54 Å². The summed E-state index contributed by atoms with van der Waals surface area (Å²) in [6.45, 7) is 0.458. The van der Waals surface area contributed by atoms with Gasteiger partial charge in [-0.2, -0.15) is 5.10 Å². The van der Waals surface area contributed by atoms with E-state index in [2.05, 4.69) is 10.1 Å². The molecular weight excluding hydrogens is 212 g/mol. The molecule has 4 heteroatoms. The molecule has 0 atom stereocenters. The average molecular weight is 224 g/mol. The van der Waals surface area contributed by atoms with Gasteiger partial charge in [-0.1, -0.05) is 18.2 Å². The van der Waals surface area contributed by atoms with Gasteiger partial charge in [0.15, 0.2) is 0 Å². The summed E-state index contributed by atoms with van der Waals surface area (Å²) in [6, 6.07) is 12.0. The summed E-state index contributed by atoms with van der Waals surface area (Å²) in [5.41, 5.74) is 8.43. The standard InChI is InChI=1S/C13H12N4/c14-7-11-5-6-12(9-15-11)17-13-4-2-1-3-10(13)8-16-17/h1-6,8-9H,7,14H2. The van der Waals surface area contributed by atoms with Crippen LogP contribution in [0.15, 0.2) is 48.8 Å². The molecule has 0 unspecified atom stereocenters. The van der Waals surface area contributed by atoms with Gasteiger partial charge in [0, 0.05) is 11.9 Å². The van der Waals surface area contributed by atoms with Crippen molar-refractivity contribution >= 4 is 10.9 Å². The first kappa shape index (κ1) is 9.99. The second kappa shape index (κ2) is 3.99. The Morgan fingerprint density at radius 3 is 2.71 bits per heavy atom. The molecule has 0 aliphatic rings. The highest BCUT2D eigenvalue weighted by molar-refractivity contribution is 5.79. The van der Waals surface area contributed by atoms with Gasteiger partial charge in [-0.25, -0.2) is 4.68 Å². The average Bonchev–Trinajstić information content (AvgIpc) is 2.83. The fourth-order valence-corrected chi connectivity index (χ4v) is 1.84. The number of para-hydroxylation sites is 1. The Hall–Kier alpha value is -2.20. The summed E-state index contributed by atoms with van der Waals surface area (Å²) < 4.78 is 1.88. The zero-order chi connectivity index (χ0) is 11.7. The van der Waals surface area contributed by atoms with Gasteiger partial charge in [-0.05, 0) is 18.2 Å². The lowest BCUT2D eigenvalue weighted by Crippen LogP contribution is -2.01. The van der Waals surface area contributed by atoms with Crippen molar-refractivity contribution in [2.24, 2.45) is 5.73 Å². The van der Waals surface area contributed by atoms with Gasteiger partial charge >= 0.3 is 0 Å². The van der Waals surface area contributed by atoms with Gasteiger partial charge in [-0.3, -0.25) is 4.98 Å². The Kier molecular flexibility index (Phi) is 2.34. The zero-order valence-electron chi connectivity index (χ0n) is 9.24. The third kappa shape index (κ3) is 1.68. The van der Waals surface area contributed by atoms with Gasteiger partial charge in [-0.15, -0.1) is 0 Å². The molecule has 2 N–H and O–H groups in total. The molecule has 0 aliphatic heterocycles. The van der Waals surface area contributed by atoms with Crippen LogP contribution in [0.5, 0.6) is 0 Å². The lowest BCUT2D eigenvalue weighted by atomic mass is 10.2. The number of nitrogens with two attached hydrogens (primary N) is 1. The molecule has 0 bridgehead atoms. The molecule has 0 amide bonds. The summed E-state index contributed by atoms with van der Waals surface area (Å²) in [7, 11) is 0. The molecule has 2 heterocycles. The van der Waals surface area contributed by atoms with E-state index in [1.54, 1.807) is 6.20 Å². The highest BCUT2D eigenvalue weighted by Gasteiger charge is 2.03. The van der Waals surface area contributed by atoms with Gasteiger partial charge in [0.25, 0.3) is 0 Å². The summed E-state index contributed by atoms with van der Waals surface area (Å²) >= 11 is 0. The van der Waals surface area contributed by atoms with Crippen LogP contribution in [-0.4, -0.2) is 14.8 Å². The van der Waals surface area contributed by atoms with Crippen molar-refractivity contribution in [2.45, 2.75) is 6.54 Å². The third-order valence-corrected chi connectivity index (χ3v) is 2.74. The lowest BCUT2D eigenvalue weighted by Gasteiger charge is -2.03. The maximum atomic E-state index is 5.52. The van der Waals surface area contributed by atoms with Crippen molar-refractivity contribution in [3.05, 3.63) is 54.5 Å². The highest BCUT2D eigenvalue weighted by atomic mass is 15.3. The van der Waals surface area contributed by atoms with Crippen LogP contribution >= 0.6 is 0 Å². The smallest absolute Gasteiger partial charge is 0.0836 e. The maximum absolute atomic E-state index is 5.52. The SMILES string of the molecule is NCc1ccc(-n2ncc3ccccc32)cn1. The second-order valence-corrected chi connectivity index (χ2v) is 3.83. The van der Waals surface area contributed by atoms with Crippen molar-refractivity contribution in [1.82, 2.24) is 14.8 Å². The number of hydrogen-bond acceptors (Lipinski definition) is 3. The van der Waals surface area contributed by atoms with Crippen LogP contribution in [0, 0.1) is 0 Å². The fourth-order valence-electron chi connectivity index (χ4n) is 1.84. The molecule has 0 saturated heterocycles. The van der Waals surface area contributed by atoms with E-state index >= 15 is 0 Å². The zero-order valence-corrected chi connectivity index (χ0v) is 9.24. The molecule has 3 rings (SSSR count). The Morgan fingerprint density at radius 2 is 1.94 bits per heavy atom. The Morgan fingerprint density at radius 1 is 1.06 bits per heavy atom. The number of rotatable bonds is 2. The van der Waals surface area contributed by atoms with Crippen LogP contribution in [0.25, 0.3) is 16.6 Å². The van der Waals surface area contributed by atoms with E-state index in [1.165, 1.54) is 0 Å². The third-order valence-electron chi connectivity index (χ3n) is 2.74. The number of nitrogens with zero attached hydrogens (tertiary/aromatic N) is 3. The van der Waals surface area contributed by atoms with E-state index < -0.39 is 0 Å². The fraction of sp³-hybridized carbons (Fsp3) is 0.0769. The summed E-state index contributed by atoms with van der Waals surface area (Å²) in [6.07, 6.45) is 3.65. The molecule has 1 aromatic carbocycles. The molecule has 0 fully saturated rings. The van der Waals surface area contributed by atoms with Crippen LogP contribution < -0.4 is 5.73 Å². The molecule has 0 radical (unpaired) electrons. The van der Waals surface area contributed by atoms with Gasteiger partial charge in [0.1, 0.15) is 0 Å². The molecule has 17 heavy (non-hydrogen) atoms. The number of pyridine rings is 1. The van der Waals surface area contributed by atoms with Crippen molar-refractivity contribution in [3.8, 4) is 5.69 Å². The number of fused-ring (bicyclic) bond motifs is 1. The normalized spacial score (nSPS) is 10.9. The van der Waals surface area contributed by atoms with Crippen molar-refractivity contribution in [3.63, 3.8) is 0 Å². The van der Waals surface area contributed by atoms with Crippen molar-refractivity contribution in [2.75, 3.05) is 0 Å². The highest BCUT2D eigenvalue weighted by Crippen LogP contribution is 2.17. The summed E-state index contributed by atoms with van der Waals surface area (Å²) in [5, 5.41) is 5.49. The summed E-state index contributed by atoms with van der Waals surface area (Å²) in [5.74, 6) is 0. The number of benzene rings is 1. The van der Waals surface area contributed by atoms with Crippen LogP contribution in [-0.2, 0) is 6.54 Å². The molecular formula is C13H12N4. The van der Waals surface area contributed by atoms with E-state index in [1.807, 2.05) is 47.3 Å². The minimum Gasteiger partial charge on any atom is -0.325 e. The van der Waals surface area contributed by atoms with E-state index in [0.717, 1.165) is 22.3 Å². The van der Waals surface area contributed by atoms with Gasteiger partial charge in [0.05, 0.1) is 29.3 Å². The topological polar surface area (TPSA) is 56.7 Å². The summed E-state index contributed by atoms with van der Waals surface area (Å²) in [4.78, 5) is 4.27. The molecule has 0 spiro atoms. The van der Waals surface area contributed by atoms with Crippen molar-refractivity contribution in [1.29, 1.82) is 0 Å². The quantitative estimate of drug-likeness (QED) is 0.723. The monoisotopic (exact) mass is 224 g/mol. The molecule has 4 nitrogen and oxygen atoms in total. The van der Waals surface area contributed by atoms with E-state index in [4.69, 9.17) is 5.73 Å². The van der Waals surface area contributed by atoms with Crippen LogP contribution in [0.3, 0.4) is 0 Å². The van der Waals surface area contributed by atoms with E-state index in [-0.39, 0.29) is 0 Å². The lowest BCUT2D eigenvalue weighted by molar-refractivity contribution is 0.891. The largest absolute Gasteiger partial charge is 0.325 e. The first-order valence-electron chi connectivity index (χ1n) is 5.46. The molecule has 2 aromatic heterocycles. The van der Waals surface area contributed by atoms with E-state index in [9.17, 15) is 0 Å². The minimum atomic E-state index is 0.458. The van der Waals surface area contributed by atoms with Gasteiger partial charge in [0.2, 0.25) is 0 Å². The minimum absolute atomic E-state index is 0.458. The predicted molar refractivity (Wildman–Crippen MR) is 66.8 cm³/mol. The Labute approximate surface area is 98.7 Å². The molecule has 0 saturated carbocycles. The second-order valence-electron chi connectivity index (χ2n) is 3.83. The van der Waals surface area contributed by atoms with Crippen molar-refractivity contribution < 1.29 is 0 Å². The number of hydrogen-bond donors (Lipinski definition) is 1. The molecule has 3 aromatic rings. The maximum Gasteiger partial charge on any atom is 0.0836 e. The van der Waals surface area contributed by atoms with Gasteiger partial charge < -0.3 is 5.73 Å². The molecule has 84 valence electrons. The first-order valence-corrected chi connectivity index (χ1v) is 5.46. The first-order chi connectivity index (χ1) is 8.38. The molecule has 0 aliphatic carbocycles. The number of aromatic nitrogens is 3. The van der Waals surface area contributed by atoms with Crippen LogP contribution in [0.2, 0.25) is 0 Å². The van der Waals surface area contributed by atoms with Crippen LogP contribution in [0.1, 0.15) is 5.69 Å². The predicted octanol–water partition coefficient (Wildman–Crippen LogP) is 1.88. The Balaban J connectivity index is 2.13. The Bertz CT molecular complexity index is 640. The van der Waals surface area contributed by atoms with Crippen LogP contribution in [0.4, 0.5) is 0 Å².